The maximum atomic E-state index is 13.6. The molecule has 0 radical (unpaired) electrons. The normalized spacial score (nSPS) is 16.6. The third-order valence-corrected chi connectivity index (χ3v) is 12.2. The number of phenolic OH excluding ortho intramolecular Hbond substituents is 1. The standard InChI is InChI=1S/C45H65NO5S/c1-29(2)38(33-22-18-15-19-23-33)46(42(5,6)7)51-45(12,13)39(34-24-26-35(47)27-25-34)44(10,11)43(8,9)37(40(48)49)31(4)36(41(50)52)28-30(3)32-20-16-14-17-21-32/h14-27,29-31,36-39,47H,28H2,1-13H3,(H,48,49)(H,50,52). The summed E-state index contributed by atoms with van der Waals surface area (Å²) >= 11 is 4.35. The highest BCUT2D eigenvalue weighted by atomic mass is 32.1. The molecule has 3 rings (SSSR count). The minimum Gasteiger partial charge on any atom is -0.508 e. The number of hydroxylamine groups is 2. The highest BCUT2D eigenvalue weighted by Crippen LogP contribution is 2.60. The minimum absolute atomic E-state index is 0.0364. The lowest BCUT2D eigenvalue weighted by atomic mass is 9.49. The third-order valence-electron chi connectivity index (χ3n) is 11.8. The van der Waals surface area contributed by atoms with E-state index in [2.05, 4.69) is 111 Å². The fraction of sp³-hybridized carbons (Fsp3) is 0.556. The average molecular weight is 732 g/mol. The molecular weight excluding hydrogens is 667 g/mol. The Morgan fingerprint density at radius 3 is 1.62 bits per heavy atom. The number of aromatic hydroxyl groups is 1. The predicted octanol–water partition coefficient (Wildman–Crippen LogP) is 11.3. The molecule has 6 nitrogen and oxygen atoms in total. The molecule has 3 aromatic carbocycles. The first-order chi connectivity index (χ1) is 23.9. The van der Waals surface area contributed by atoms with Crippen LogP contribution in [0.25, 0.3) is 0 Å². The minimum atomic E-state index is -0.944. The van der Waals surface area contributed by atoms with Crippen molar-refractivity contribution in [2.75, 3.05) is 0 Å². The Kier molecular flexibility index (Phi) is 14.1. The maximum Gasteiger partial charge on any atom is 0.307 e. The molecule has 0 aliphatic rings. The molecule has 52 heavy (non-hydrogen) atoms. The monoisotopic (exact) mass is 731 g/mol. The Bertz CT molecular complexity index is 1590. The number of aliphatic carboxylic acids is 1. The molecule has 2 N–H and O–H groups in total. The second kappa shape index (κ2) is 16.9. The highest BCUT2D eigenvalue weighted by Gasteiger charge is 2.58. The van der Waals surface area contributed by atoms with Crippen molar-refractivity contribution in [2.24, 2.45) is 34.5 Å². The number of nitrogens with zero attached hydrogens (tertiary/aromatic N) is 1. The number of carboxylic acid groups (broad SMARTS) is 1. The van der Waals surface area contributed by atoms with Crippen molar-refractivity contribution in [3.63, 3.8) is 0 Å². The van der Waals surface area contributed by atoms with Crippen LogP contribution in [0.3, 0.4) is 0 Å². The largest absolute Gasteiger partial charge is 0.508 e. The second-order valence-electron chi connectivity index (χ2n) is 17.9. The number of rotatable bonds is 17. The number of carbonyl (C=O) groups is 2. The topological polar surface area (TPSA) is 87.1 Å². The predicted molar refractivity (Wildman–Crippen MR) is 216 cm³/mol. The van der Waals surface area contributed by atoms with Gasteiger partial charge < -0.3 is 10.2 Å². The van der Waals surface area contributed by atoms with E-state index in [4.69, 9.17) is 4.84 Å². The van der Waals surface area contributed by atoms with Gasteiger partial charge in [0.15, 0.2) is 5.12 Å². The van der Waals surface area contributed by atoms with E-state index in [1.807, 2.05) is 69.3 Å². The van der Waals surface area contributed by atoms with Gasteiger partial charge in [0, 0.05) is 17.4 Å². The molecule has 0 aromatic heterocycles. The summed E-state index contributed by atoms with van der Waals surface area (Å²) in [4.78, 5) is 34.2. The van der Waals surface area contributed by atoms with Crippen molar-refractivity contribution in [3.05, 3.63) is 102 Å². The van der Waals surface area contributed by atoms with Crippen LogP contribution >= 0.6 is 12.6 Å². The van der Waals surface area contributed by atoms with E-state index in [9.17, 15) is 19.8 Å². The van der Waals surface area contributed by atoms with Gasteiger partial charge in [0.2, 0.25) is 0 Å². The van der Waals surface area contributed by atoms with Gasteiger partial charge in [-0.1, -0.05) is 128 Å². The van der Waals surface area contributed by atoms with Gasteiger partial charge in [0.1, 0.15) is 5.75 Å². The third kappa shape index (κ3) is 9.69. The summed E-state index contributed by atoms with van der Waals surface area (Å²) in [5.74, 6) is -2.93. The number of carbonyl (C=O) groups excluding carboxylic acids is 1. The molecule has 0 aliphatic carbocycles. The molecule has 0 fully saturated rings. The van der Waals surface area contributed by atoms with Crippen LogP contribution in [0.5, 0.6) is 5.75 Å². The molecule has 7 heteroatoms. The summed E-state index contributed by atoms with van der Waals surface area (Å²) in [5.41, 5.74) is 0.245. The molecule has 0 bridgehead atoms. The fourth-order valence-corrected chi connectivity index (χ4v) is 9.09. The zero-order valence-electron chi connectivity index (χ0n) is 33.8. The van der Waals surface area contributed by atoms with E-state index >= 15 is 0 Å². The lowest BCUT2D eigenvalue weighted by Gasteiger charge is -2.57. The lowest BCUT2D eigenvalue weighted by molar-refractivity contribution is -0.315. The molecule has 3 aromatic rings. The summed E-state index contributed by atoms with van der Waals surface area (Å²) in [6, 6.07) is 27.6. The van der Waals surface area contributed by atoms with Crippen molar-refractivity contribution in [1.29, 1.82) is 0 Å². The Balaban J connectivity index is 2.19. The van der Waals surface area contributed by atoms with Crippen molar-refractivity contribution in [3.8, 4) is 5.75 Å². The molecule has 0 saturated heterocycles. The molecule has 0 aliphatic heterocycles. The Hall–Kier alpha value is -3.13. The van der Waals surface area contributed by atoms with Gasteiger partial charge in [-0.3, -0.25) is 14.4 Å². The van der Waals surface area contributed by atoms with Crippen LogP contribution < -0.4 is 0 Å². The summed E-state index contributed by atoms with van der Waals surface area (Å²) in [7, 11) is 0. The van der Waals surface area contributed by atoms with Crippen LogP contribution in [0, 0.1) is 34.5 Å². The van der Waals surface area contributed by atoms with Crippen LogP contribution in [0.15, 0.2) is 84.9 Å². The van der Waals surface area contributed by atoms with Gasteiger partial charge in [-0.2, -0.15) is 5.06 Å². The molecular formula is C45H65NO5S. The van der Waals surface area contributed by atoms with Crippen LogP contribution in [0.2, 0.25) is 0 Å². The number of carboxylic acids is 1. The summed E-state index contributed by atoms with van der Waals surface area (Å²) in [5, 5.41) is 23.3. The molecule has 0 saturated carbocycles. The SMILES string of the molecule is CC(CC(C(=O)S)C(C)C(C(=O)O)C(C)(C)C(C)(C)C(c1ccc(O)cc1)C(C)(C)ON(C(c1ccccc1)C(C)C)C(C)(C)C)c1ccccc1. The van der Waals surface area contributed by atoms with Gasteiger partial charge in [0.25, 0.3) is 0 Å². The Morgan fingerprint density at radius 1 is 0.712 bits per heavy atom. The maximum absolute atomic E-state index is 13.6. The first kappa shape index (κ1) is 43.3. The number of thiol groups is 1. The smallest absolute Gasteiger partial charge is 0.307 e. The zero-order chi connectivity index (χ0) is 39.4. The molecule has 6 unspecified atom stereocenters. The van der Waals surface area contributed by atoms with E-state index in [0.717, 1.165) is 16.7 Å². The van der Waals surface area contributed by atoms with Crippen molar-refractivity contribution in [1.82, 2.24) is 5.06 Å². The van der Waals surface area contributed by atoms with Crippen LogP contribution in [0.1, 0.15) is 131 Å². The molecule has 0 amide bonds. The first-order valence-electron chi connectivity index (χ1n) is 18.8. The van der Waals surface area contributed by atoms with Crippen molar-refractivity contribution < 1.29 is 24.6 Å². The fourth-order valence-electron chi connectivity index (χ4n) is 8.75. The van der Waals surface area contributed by atoms with Gasteiger partial charge in [-0.15, -0.1) is 12.6 Å². The number of hydrogen-bond donors (Lipinski definition) is 3. The highest BCUT2D eigenvalue weighted by molar-refractivity contribution is 7.96. The van der Waals surface area contributed by atoms with E-state index in [1.165, 1.54) is 0 Å². The Morgan fingerprint density at radius 2 is 1.19 bits per heavy atom. The first-order valence-corrected chi connectivity index (χ1v) is 19.2. The van der Waals surface area contributed by atoms with Crippen LogP contribution in [0.4, 0.5) is 0 Å². The van der Waals surface area contributed by atoms with Crippen molar-refractivity contribution in [2.45, 2.75) is 125 Å². The van der Waals surface area contributed by atoms with E-state index in [0.29, 0.717) is 6.42 Å². The van der Waals surface area contributed by atoms with E-state index in [-0.39, 0.29) is 34.7 Å². The van der Waals surface area contributed by atoms with Crippen molar-refractivity contribution >= 4 is 23.7 Å². The molecule has 286 valence electrons. The van der Waals surface area contributed by atoms with Crippen LogP contribution in [-0.4, -0.2) is 37.5 Å². The van der Waals surface area contributed by atoms with Gasteiger partial charge in [-0.05, 0) is 98.4 Å². The lowest BCUT2D eigenvalue weighted by Crippen LogP contribution is -2.57. The zero-order valence-corrected chi connectivity index (χ0v) is 34.7. The van der Waals surface area contributed by atoms with E-state index in [1.54, 1.807) is 12.1 Å². The molecule has 6 atom stereocenters. The second-order valence-corrected chi connectivity index (χ2v) is 18.4. The Labute approximate surface area is 319 Å². The average Bonchev–Trinajstić information content (AvgIpc) is 3.03. The molecule has 0 spiro atoms. The number of phenols is 1. The quantitative estimate of drug-likeness (QED) is 0.0946. The van der Waals surface area contributed by atoms with Gasteiger partial charge in [0.05, 0.1) is 17.6 Å². The number of benzene rings is 3. The number of hydrogen-bond acceptors (Lipinski definition) is 5. The molecule has 0 heterocycles. The van der Waals surface area contributed by atoms with E-state index < -0.39 is 45.7 Å². The summed E-state index contributed by atoms with van der Waals surface area (Å²) in [6.07, 6.45) is 0.487. The van der Waals surface area contributed by atoms with Gasteiger partial charge in [-0.25, -0.2) is 0 Å². The van der Waals surface area contributed by atoms with Crippen LogP contribution in [-0.2, 0) is 14.4 Å². The summed E-state index contributed by atoms with van der Waals surface area (Å²) < 4.78 is 0. The summed E-state index contributed by atoms with van der Waals surface area (Å²) in [6.45, 7) is 27.3. The van der Waals surface area contributed by atoms with Gasteiger partial charge >= 0.3 is 5.97 Å².